The van der Waals surface area contributed by atoms with E-state index in [9.17, 15) is 5.11 Å². The van der Waals surface area contributed by atoms with Crippen LogP contribution in [0.1, 0.15) is 37.3 Å². The molecule has 1 aromatic carbocycles. The maximum atomic E-state index is 9.79. The quantitative estimate of drug-likeness (QED) is 0.704. The minimum Gasteiger partial charge on any atom is -0.508 e. The topological polar surface area (TPSA) is 46.2 Å². The van der Waals surface area contributed by atoms with Crippen LogP contribution in [-0.2, 0) is 12.8 Å². The third kappa shape index (κ3) is 3.92. The lowest BCUT2D eigenvalue weighted by molar-refractivity contribution is 0.466. The summed E-state index contributed by atoms with van der Waals surface area (Å²) in [5.41, 5.74) is 7.70. The molecule has 0 heterocycles. The van der Waals surface area contributed by atoms with Crippen molar-refractivity contribution in [2.24, 2.45) is 5.73 Å². The van der Waals surface area contributed by atoms with Crippen LogP contribution in [0.4, 0.5) is 0 Å². The monoisotopic (exact) mass is 207 g/mol. The predicted octanol–water partition coefficient (Wildman–Crippen LogP) is 2.63. The number of phenolic OH excluding ortho intramolecular Hbond substituents is 1. The minimum absolute atomic E-state index is 0.443. The van der Waals surface area contributed by atoms with E-state index in [1.807, 2.05) is 12.1 Å². The van der Waals surface area contributed by atoms with Gasteiger partial charge in [-0.25, -0.2) is 0 Å². The van der Waals surface area contributed by atoms with Gasteiger partial charge in [0, 0.05) is 0 Å². The Morgan fingerprint density at radius 3 is 2.60 bits per heavy atom. The molecule has 0 amide bonds. The molecule has 0 fully saturated rings. The molecule has 0 atom stereocenters. The first-order chi connectivity index (χ1) is 7.27. The van der Waals surface area contributed by atoms with E-state index in [0.717, 1.165) is 44.2 Å². The number of nitrogens with two attached hydrogens (primary N) is 1. The Labute approximate surface area is 92.1 Å². The summed E-state index contributed by atoms with van der Waals surface area (Å²) < 4.78 is 0. The van der Waals surface area contributed by atoms with Crippen molar-refractivity contribution >= 4 is 0 Å². The second kappa shape index (κ2) is 6.46. The maximum Gasteiger partial charge on any atom is 0.119 e. The average Bonchev–Trinajstić information content (AvgIpc) is 2.22. The SMILES string of the molecule is CCCc1ccc(CCCCN)c(O)c1. The zero-order valence-electron chi connectivity index (χ0n) is 9.50. The molecule has 0 aliphatic carbocycles. The highest BCUT2D eigenvalue weighted by molar-refractivity contribution is 5.36. The van der Waals surface area contributed by atoms with Crippen LogP contribution in [0.15, 0.2) is 18.2 Å². The Morgan fingerprint density at radius 1 is 1.20 bits per heavy atom. The van der Waals surface area contributed by atoms with Crippen LogP contribution in [0.2, 0.25) is 0 Å². The smallest absolute Gasteiger partial charge is 0.119 e. The van der Waals surface area contributed by atoms with Crippen molar-refractivity contribution in [3.8, 4) is 5.75 Å². The summed E-state index contributed by atoms with van der Waals surface area (Å²) in [7, 11) is 0. The molecule has 0 saturated carbocycles. The van der Waals surface area contributed by atoms with E-state index in [0.29, 0.717) is 5.75 Å². The van der Waals surface area contributed by atoms with Crippen molar-refractivity contribution in [3.63, 3.8) is 0 Å². The fraction of sp³-hybridized carbons (Fsp3) is 0.538. The van der Waals surface area contributed by atoms with E-state index in [2.05, 4.69) is 13.0 Å². The van der Waals surface area contributed by atoms with E-state index in [1.165, 1.54) is 5.56 Å². The number of benzene rings is 1. The van der Waals surface area contributed by atoms with Gasteiger partial charge in [0.1, 0.15) is 5.75 Å². The van der Waals surface area contributed by atoms with Gasteiger partial charge in [-0.05, 0) is 49.4 Å². The summed E-state index contributed by atoms with van der Waals surface area (Å²) in [5, 5.41) is 9.79. The molecule has 0 unspecified atom stereocenters. The summed E-state index contributed by atoms with van der Waals surface area (Å²) in [4.78, 5) is 0. The fourth-order valence-corrected chi connectivity index (χ4v) is 1.72. The molecule has 0 bridgehead atoms. The normalized spacial score (nSPS) is 10.5. The van der Waals surface area contributed by atoms with Crippen molar-refractivity contribution < 1.29 is 5.11 Å². The lowest BCUT2D eigenvalue weighted by Gasteiger charge is -2.06. The number of rotatable bonds is 6. The highest BCUT2D eigenvalue weighted by atomic mass is 16.3. The van der Waals surface area contributed by atoms with Crippen molar-refractivity contribution in [2.75, 3.05) is 6.54 Å². The van der Waals surface area contributed by atoms with Gasteiger partial charge in [-0.15, -0.1) is 0 Å². The Bertz CT molecular complexity index is 297. The Hall–Kier alpha value is -1.02. The van der Waals surface area contributed by atoms with Crippen molar-refractivity contribution in [1.29, 1.82) is 0 Å². The molecule has 1 rings (SSSR count). The van der Waals surface area contributed by atoms with E-state index >= 15 is 0 Å². The van der Waals surface area contributed by atoms with Gasteiger partial charge in [0.15, 0.2) is 0 Å². The first-order valence-corrected chi connectivity index (χ1v) is 5.78. The highest BCUT2D eigenvalue weighted by Crippen LogP contribution is 2.21. The summed E-state index contributed by atoms with van der Waals surface area (Å²) in [6.45, 7) is 2.88. The molecular formula is C13H21NO. The van der Waals surface area contributed by atoms with E-state index in [4.69, 9.17) is 5.73 Å². The molecular weight excluding hydrogens is 186 g/mol. The number of aryl methyl sites for hydroxylation is 2. The first kappa shape index (κ1) is 12.1. The molecule has 1 aromatic rings. The number of unbranched alkanes of at least 4 members (excludes halogenated alkanes) is 1. The molecule has 84 valence electrons. The zero-order chi connectivity index (χ0) is 11.1. The van der Waals surface area contributed by atoms with Crippen molar-refractivity contribution in [2.45, 2.75) is 39.0 Å². The lowest BCUT2D eigenvalue weighted by Crippen LogP contribution is -1.99. The zero-order valence-corrected chi connectivity index (χ0v) is 9.50. The molecule has 0 radical (unpaired) electrons. The number of hydrogen-bond donors (Lipinski definition) is 2. The number of phenols is 1. The Morgan fingerprint density at radius 2 is 2.00 bits per heavy atom. The standard InChI is InChI=1S/C13H21NO/c1-2-5-11-7-8-12(13(15)10-11)6-3-4-9-14/h7-8,10,15H,2-6,9,14H2,1H3. The van der Waals surface area contributed by atoms with Gasteiger partial charge in [0.05, 0.1) is 0 Å². The van der Waals surface area contributed by atoms with Crippen LogP contribution in [0.5, 0.6) is 5.75 Å². The predicted molar refractivity (Wildman–Crippen MR) is 64.1 cm³/mol. The van der Waals surface area contributed by atoms with Gasteiger partial charge >= 0.3 is 0 Å². The van der Waals surface area contributed by atoms with E-state index in [1.54, 1.807) is 0 Å². The van der Waals surface area contributed by atoms with Crippen LogP contribution in [0.25, 0.3) is 0 Å². The Kier molecular flexibility index (Phi) is 5.19. The molecule has 0 spiro atoms. The molecule has 0 aromatic heterocycles. The summed E-state index contributed by atoms with van der Waals surface area (Å²) in [6.07, 6.45) is 5.16. The summed E-state index contributed by atoms with van der Waals surface area (Å²) >= 11 is 0. The van der Waals surface area contributed by atoms with Crippen molar-refractivity contribution in [1.82, 2.24) is 0 Å². The molecule has 3 N–H and O–H groups in total. The largest absolute Gasteiger partial charge is 0.508 e. The summed E-state index contributed by atoms with van der Waals surface area (Å²) in [6, 6.07) is 6.04. The van der Waals surface area contributed by atoms with Crippen LogP contribution < -0.4 is 5.73 Å². The summed E-state index contributed by atoms with van der Waals surface area (Å²) in [5.74, 6) is 0.443. The van der Waals surface area contributed by atoms with E-state index < -0.39 is 0 Å². The third-order valence-corrected chi connectivity index (χ3v) is 2.59. The molecule has 2 nitrogen and oxygen atoms in total. The van der Waals surface area contributed by atoms with Crippen LogP contribution >= 0.6 is 0 Å². The molecule has 2 heteroatoms. The lowest BCUT2D eigenvalue weighted by atomic mass is 10.0. The van der Waals surface area contributed by atoms with Crippen molar-refractivity contribution in [3.05, 3.63) is 29.3 Å². The molecule has 0 aliphatic rings. The van der Waals surface area contributed by atoms with Crippen LogP contribution in [0, 0.1) is 0 Å². The van der Waals surface area contributed by atoms with Gasteiger partial charge in [-0.3, -0.25) is 0 Å². The highest BCUT2D eigenvalue weighted by Gasteiger charge is 2.02. The fourth-order valence-electron chi connectivity index (χ4n) is 1.72. The molecule has 0 saturated heterocycles. The molecule has 15 heavy (non-hydrogen) atoms. The number of aromatic hydroxyl groups is 1. The van der Waals surface area contributed by atoms with Gasteiger partial charge in [0.25, 0.3) is 0 Å². The number of hydrogen-bond acceptors (Lipinski definition) is 2. The third-order valence-electron chi connectivity index (χ3n) is 2.59. The van der Waals surface area contributed by atoms with Crippen LogP contribution in [0.3, 0.4) is 0 Å². The van der Waals surface area contributed by atoms with Gasteiger partial charge in [0.2, 0.25) is 0 Å². The van der Waals surface area contributed by atoms with Gasteiger partial charge in [-0.1, -0.05) is 25.5 Å². The van der Waals surface area contributed by atoms with Gasteiger partial charge in [-0.2, -0.15) is 0 Å². The van der Waals surface area contributed by atoms with E-state index in [-0.39, 0.29) is 0 Å². The Balaban J connectivity index is 2.58. The van der Waals surface area contributed by atoms with Gasteiger partial charge < -0.3 is 10.8 Å². The average molecular weight is 207 g/mol. The second-order valence-electron chi connectivity index (χ2n) is 3.96. The van der Waals surface area contributed by atoms with Crippen LogP contribution in [-0.4, -0.2) is 11.7 Å². The minimum atomic E-state index is 0.443. The molecule has 0 aliphatic heterocycles. The maximum absolute atomic E-state index is 9.79. The first-order valence-electron chi connectivity index (χ1n) is 5.78. The second-order valence-corrected chi connectivity index (χ2v) is 3.96.